The molecule has 1 amide bonds. The van der Waals surface area contributed by atoms with Crippen LogP contribution in [0.4, 0.5) is 4.79 Å². The molecule has 12 heteroatoms. The van der Waals surface area contributed by atoms with E-state index in [1.54, 1.807) is 30.3 Å². The van der Waals surface area contributed by atoms with Crippen molar-refractivity contribution in [3.05, 3.63) is 60.2 Å². The maximum Gasteiger partial charge on any atom is 0.409 e. The predicted molar refractivity (Wildman–Crippen MR) is 156 cm³/mol. The second-order valence-electron chi connectivity index (χ2n) is 11.9. The van der Waals surface area contributed by atoms with E-state index in [2.05, 4.69) is 5.32 Å². The van der Waals surface area contributed by atoms with Gasteiger partial charge in [0.2, 0.25) is 14.8 Å². The van der Waals surface area contributed by atoms with Crippen molar-refractivity contribution in [3.8, 4) is 5.75 Å². The van der Waals surface area contributed by atoms with Crippen molar-refractivity contribution >= 4 is 15.9 Å². The van der Waals surface area contributed by atoms with Gasteiger partial charge in [-0.1, -0.05) is 44.2 Å². The number of carbonyl (C=O) groups excluding carboxylic acids is 1. The number of alkyl carbamates (subject to hydrolysis) is 1. The zero-order valence-corrected chi connectivity index (χ0v) is 25.3. The molecular weight excluding hydrogens is 562 g/mol. The quantitative estimate of drug-likeness (QED) is 0.249. The molecule has 42 heavy (non-hydrogen) atoms. The van der Waals surface area contributed by atoms with Crippen LogP contribution in [-0.2, 0) is 30.5 Å². The summed E-state index contributed by atoms with van der Waals surface area (Å²) < 4.78 is 50.8. The molecule has 2 saturated heterocycles. The number of hydrogen-bond donors (Lipinski definition) is 4. The first-order valence-corrected chi connectivity index (χ1v) is 15.7. The van der Waals surface area contributed by atoms with Crippen molar-refractivity contribution < 1.29 is 37.3 Å². The number of aliphatic hydroxyl groups is 1. The Balaban J connectivity index is 1.75. The number of fused-ring (bicyclic) bond motifs is 1. The molecule has 232 valence electrons. The first-order chi connectivity index (χ1) is 19.8. The standard InChI is InChI=1S/C30H43N3O8S/c1-28(2,16-17-31)14-15-30(35,42(36,37)23-11-9-22(38-3)10-12-23)29(32,19-21-7-5-4-6-8-21)33-27(34)41-25-20-40-26-24(25)13-18-39-26/h4-12,24-26,35H,13-20,31-32H2,1-3H3,(H,33,34)/t24-,25-,26+,29+,30-/m1/s1. The number of hydrogen-bond acceptors (Lipinski definition) is 10. The molecule has 2 aliphatic heterocycles. The largest absolute Gasteiger partial charge is 0.497 e. The van der Waals surface area contributed by atoms with E-state index in [0.717, 1.165) is 0 Å². The summed E-state index contributed by atoms with van der Waals surface area (Å²) in [4.78, 5) is 10.6. The number of rotatable bonds is 13. The lowest BCUT2D eigenvalue weighted by molar-refractivity contribution is -0.0907. The molecule has 0 aromatic heterocycles. The van der Waals surface area contributed by atoms with Gasteiger partial charge in [0.05, 0.1) is 31.1 Å². The van der Waals surface area contributed by atoms with Crippen molar-refractivity contribution in [2.45, 2.75) is 73.8 Å². The lowest BCUT2D eigenvalue weighted by Crippen LogP contribution is -2.74. The minimum atomic E-state index is -4.60. The molecule has 0 spiro atoms. The van der Waals surface area contributed by atoms with Gasteiger partial charge in [-0.2, -0.15) is 0 Å². The number of amides is 1. The summed E-state index contributed by atoms with van der Waals surface area (Å²) in [6.45, 7) is 4.90. The molecule has 0 radical (unpaired) electrons. The van der Waals surface area contributed by atoms with Gasteiger partial charge in [0.1, 0.15) is 17.5 Å². The Morgan fingerprint density at radius 3 is 2.40 bits per heavy atom. The Bertz CT molecular complexity index is 1310. The summed E-state index contributed by atoms with van der Waals surface area (Å²) in [5.74, 6) is 0.301. The van der Waals surface area contributed by atoms with Crippen molar-refractivity contribution in [2.75, 3.05) is 26.9 Å². The van der Waals surface area contributed by atoms with Crippen molar-refractivity contribution in [2.24, 2.45) is 22.8 Å². The molecule has 11 nitrogen and oxygen atoms in total. The minimum Gasteiger partial charge on any atom is -0.497 e. The first kappa shape index (κ1) is 32.2. The van der Waals surface area contributed by atoms with Gasteiger partial charge in [0.15, 0.2) is 6.29 Å². The molecule has 0 saturated carbocycles. The maximum atomic E-state index is 14.4. The fourth-order valence-corrected chi connectivity index (χ4v) is 7.52. The summed E-state index contributed by atoms with van der Waals surface area (Å²) >= 11 is 0. The van der Waals surface area contributed by atoms with Crippen LogP contribution in [0.5, 0.6) is 5.75 Å². The van der Waals surface area contributed by atoms with E-state index in [1.165, 1.54) is 31.4 Å². The maximum absolute atomic E-state index is 14.4. The van der Waals surface area contributed by atoms with Crippen LogP contribution in [0.15, 0.2) is 59.5 Å². The molecule has 2 aliphatic rings. The topological polar surface area (TPSA) is 172 Å². The summed E-state index contributed by atoms with van der Waals surface area (Å²) in [7, 11) is -3.13. The fourth-order valence-electron chi connectivity index (χ4n) is 5.66. The van der Waals surface area contributed by atoms with E-state index in [0.29, 0.717) is 37.3 Å². The molecule has 0 unspecified atom stereocenters. The highest BCUT2D eigenvalue weighted by Crippen LogP contribution is 2.41. The smallest absolute Gasteiger partial charge is 0.409 e. The van der Waals surface area contributed by atoms with Gasteiger partial charge in [-0.3, -0.25) is 5.32 Å². The highest BCUT2D eigenvalue weighted by molar-refractivity contribution is 7.92. The van der Waals surface area contributed by atoms with Gasteiger partial charge in [-0.25, -0.2) is 13.2 Å². The van der Waals surface area contributed by atoms with Gasteiger partial charge < -0.3 is 35.5 Å². The van der Waals surface area contributed by atoms with Gasteiger partial charge in [0.25, 0.3) is 0 Å². The third-order valence-electron chi connectivity index (χ3n) is 8.37. The highest BCUT2D eigenvalue weighted by Gasteiger charge is 2.59. The van der Waals surface area contributed by atoms with E-state index < -0.39 is 44.3 Å². The number of benzene rings is 2. The van der Waals surface area contributed by atoms with Crippen LogP contribution >= 0.6 is 0 Å². The average molecular weight is 606 g/mol. The molecule has 0 bridgehead atoms. The van der Waals surface area contributed by atoms with Gasteiger partial charge in [0, 0.05) is 6.42 Å². The fraction of sp³-hybridized carbons (Fsp3) is 0.567. The highest BCUT2D eigenvalue weighted by atomic mass is 32.2. The SMILES string of the molecule is COc1ccc(S(=O)(=O)[C@](O)(CCC(C)(C)CCN)[C@](N)(Cc2ccccc2)NC(=O)O[C@@H]2CO[C@@H]3OCC[C@@H]32)cc1. The summed E-state index contributed by atoms with van der Waals surface area (Å²) in [5.41, 5.74) is 10.7. The first-order valence-electron chi connectivity index (χ1n) is 14.2. The van der Waals surface area contributed by atoms with E-state index in [1.807, 2.05) is 13.8 Å². The molecule has 5 atom stereocenters. The Kier molecular flexibility index (Phi) is 9.86. The number of nitrogens with one attached hydrogen (secondary N) is 1. The minimum absolute atomic E-state index is 0.140. The molecule has 4 rings (SSSR count). The number of sulfone groups is 1. The van der Waals surface area contributed by atoms with Crippen LogP contribution in [0.2, 0.25) is 0 Å². The summed E-state index contributed by atoms with van der Waals surface area (Å²) in [5, 5.41) is 15.1. The van der Waals surface area contributed by atoms with E-state index >= 15 is 0 Å². The third-order valence-corrected chi connectivity index (χ3v) is 10.7. The Labute approximate surface area is 247 Å². The lowest BCUT2D eigenvalue weighted by atomic mass is 9.81. The zero-order valence-electron chi connectivity index (χ0n) is 24.5. The number of carbonyl (C=O) groups is 1. The number of methoxy groups -OCH3 is 1. The lowest BCUT2D eigenvalue weighted by Gasteiger charge is -2.45. The summed E-state index contributed by atoms with van der Waals surface area (Å²) in [6, 6.07) is 14.5. The molecular formula is C30H43N3O8S. The molecule has 2 aromatic rings. The Hall–Kier alpha value is -2.74. The van der Waals surface area contributed by atoms with E-state index in [9.17, 15) is 18.3 Å². The monoisotopic (exact) mass is 605 g/mol. The van der Waals surface area contributed by atoms with Gasteiger partial charge in [-0.15, -0.1) is 0 Å². The number of ether oxygens (including phenoxy) is 4. The van der Waals surface area contributed by atoms with Crippen molar-refractivity contribution in [3.63, 3.8) is 0 Å². The molecule has 2 heterocycles. The van der Waals surface area contributed by atoms with Crippen molar-refractivity contribution in [1.82, 2.24) is 5.32 Å². The van der Waals surface area contributed by atoms with Crippen LogP contribution in [0, 0.1) is 11.3 Å². The van der Waals surface area contributed by atoms with Crippen LogP contribution < -0.4 is 21.5 Å². The van der Waals surface area contributed by atoms with Crippen LogP contribution in [0.25, 0.3) is 0 Å². The number of nitrogens with two attached hydrogens (primary N) is 2. The molecule has 2 aromatic carbocycles. The van der Waals surface area contributed by atoms with E-state index in [-0.39, 0.29) is 36.7 Å². The zero-order chi connectivity index (χ0) is 30.6. The van der Waals surface area contributed by atoms with Crippen LogP contribution in [-0.4, -0.2) is 69.5 Å². The van der Waals surface area contributed by atoms with Crippen LogP contribution in [0.1, 0.15) is 45.1 Å². The summed E-state index contributed by atoms with van der Waals surface area (Å²) in [6.07, 6.45) is -1.01. The second-order valence-corrected chi connectivity index (χ2v) is 14.0. The second kappa shape index (κ2) is 12.9. The van der Waals surface area contributed by atoms with E-state index in [4.69, 9.17) is 30.4 Å². The van der Waals surface area contributed by atoms with Gasteiger partial charge >= 0.3 is 6.09 Å². The van der Waals surface area contributed by atoms with Crippen LogP contribution in [0.3, 0.4) is 0 Å². The predicted octanol–water partition coefficient (Wildman–Crippen LogP) is 2.70. The third kappa shape index (κ3) is 6.74. The Morgan fingerprint density at radius 2 is 1.76 bits per heavy atom. The molecule has 0 aliphatic carbocycles. The average Bonchev–Trinajstić information content (AvgIpc) is 3.57. The van der Waals surface area contributed by atoms with Gasteiger partial charge in [-0.05, 0) is 67.5 Å². The van der Waals surface area contributed by atoms with Crippen molar-refractivity contribution in [1.29, 1.82) is 0 Å². The molecule has 2 fully saturated rings. The normalized spacial score (nSPS) is 23.4. The molecule has 6 N–H and O–H groups in total. The Morgan fingerprint density at radius 1 is 1.07 bits per heavy atom.